The number of carbonyl (C=O) groups is 1. The Hall–Kier alpha value is -0.680. The van der Waals surface area contributed by atoms with E-state index in [0.717, 1.165) is 35.8 Å². The molecule has 0 radical (unpaired) electrons. The number of rotatable bonds is 7. The Morgan fingerprint density at radius 2 is 1.89 bits per heavy atom. The molecule has 0 amide bonds. The van der Waals surface area contributed by atoms with Crippen molar-refractivity contribution < 1.29 is 4.79 Å². The van der Waals surface area contributed by atoms with Gasteiger partial charge in [-0.15, -0.1) is 23.1 Å². The average molecular weight is 286 g/mol. The van der Waals surface area contributed by atoms with Gasteiger partial charge in [0.2, 0.25) is 0 Å². The van der Waals surface area contributed by atoms with Crippen molar-refractivity contribution in [1.82, 2.24) is 0 Å². The molecule has 1 aromatic heterocycles. The number of nitrogen functional groups attached to an aromatic ring is 1. The predicted octanol–water partition coefficient (Wildman–Crippen LogP) is 3.88. The number of thioether (sulfide) groups is 1. The van der Waals surface area contributed by atoms with Crippen molar-refractivity contribution in [2.45, 2.75) is 38.5 Å². The summed E-state index contributed by atoms with van der Waals surface area (Å²) in [6.07, 6.45) is 4.21. The highest BCUT2D eigenvalue weighted by molar-refractivity contribution is 7.99. The van der Waals surface area contributed by atoms with Crippen LogP contribution in [-0.2, 0) is 0 Å². The average Bonchev–Trinajstić information content (AvgIpc) is 2.66. The van der Waals surface area contributed by atoms with E-state index in [4.69, 9.17) is 5.73 Å². The summed E-state index contributed by atoms with van der Waals surface area (Å²) in [5.41, 5.74) is 6.75. The van der Waals surface area contributed by atoms with Crippen LogP contribution in [0.2, 0.25) is 0 Å². The Balaban J connectivity index is 3.19. The fraction of sp³-hybridized carbons (Fsp3) is 0.615. The number of thiophene rings is 1. The van der Waals surface area contributed by atoms with Crippen molar-refractivity contribution in [3.8, 4) is 0 Å². The first-order valence-electron chi connectivity index (χ1n) is 6.28. The highest BCUT2D eigenvalue weighted by Gasteiger charge is 2.21. The van der Waals surface area contributed by atoms with Crippen molar-refractivity contribution in [3.05, 3.63) is 4.88 Å². The lowest BCUT2D eigenvalue weighted by molar-refractivity contribution is 0.102. The molecule has 1 heterocycles. The standard InChI is InChI=1S/C13H22N2OS2/c1-5-7-15(8-6-2)13-12(17-4)10(14)11(18-13)9(3)16/h5-8,14H2,1-4H3. The van der Waals surface area contributed by atoms with Gasteiger partial charge in [-0.25, -0.2) is 0 Å². The van der Waals surface area contributed by atoms with E-state index in [9.17, 15) is 4.79 Å². The molecule has 0 atom stereocenters. The fourth-order valence-electron chi connectivity index (χ4n) is 1.94. The lowest BCUT2D eigenvalue weighted by atomic mass is 10.3. The van der Waals surface area contributed by atoms with Crippen LogP contribution >= 0.6 is 23.1 Å². The van der Waals surface area contributed by atoms with E-state index in [2.05, 4.69) is 18.7 Å². The Kier molecular flexibility index (Phi) is 6.02. The van der Waals surface area contributed by atoms with E-state index < -0.39 is 0 Å². The van der Waals surface area contributed by atoms with Crippen LogP contribution in [0.3, 0.4) is 0 Å². The highest BCUT2D eigenvalue weighted by Crippen LogP contribution is 2.44. The quantitative estimate of drug-likeness (QED) is 0.610. The molecule has 0 aliphatic heterocycles. The molecule has 18 heavy (non-hydrogen) atoms. The first-order valence-corrected chi connectivity index (χ1v) is 8.32. The van der Waals surface area contributed by atoms with E-state index >= 15 is 0 Å². The molecule has 102 valence electrons. The Bertz CT molecular complexity index is 409. The van der Waals surface area contributed by atoms with Crippen LogP contribution in [0.15, 0.2) is 4.90 Å². The Morgan fingerprint density at radius 3 is 2.28 bits per heavy atom. The van der Waals surface area contributed by atoms with E-state index in [1.54, 1.807) is 18.7 Å². The molecule has 0 saturated carbocycles. The van der Waals surface area contributed by atoms with Crippen LogP contribution in [0.5, 0.6) is 0 Å². The van der Waals surface area contributed by atoms with Gasteiger partial charge >= 0.3 is 0 Å². The lowest BCUT2D eigenvalue weighted by Gasteiger charge is -2.23. The highest BCUT2D eigenvalue weighted by atomic mass is 32.2. The number of ketones is 1. The third kappa shape index (κ3) is 3.20. The monoisotopic (exact) mass is 286 g/mol. The van der Waals surface area contributed by atoms with Crippen LogP contribution in [0.1, 0.15) is 43.3 Å². The maximum Gasteiger partial charge on any atom is 0.171 e. The summed E-state index contributed by atoms with van der Waals surface area (Å²) in [7, 11) is 0. The first kappa shape index (κ1) is 15.4. The number of hydrogen-bond acceptors (Lipinski definition) is 5. The molecule has 2 N–H and O–H groups in total. The van der Waals surface area contributed by atoms with Gasteiger partial charge in [0.25, 0.3) is 0 Å². The predicted molar refractivity (Wildman–Crippen MR) is 83.3 cm³/mol. The topological polar surface area (TPSA) is 46.3 Å². The summed E-state index contributed by atoms with van der Waals surface area (Å²) in [6, 6.07) is 0. The molecule has 0 saturated heterocycles. The second kappa shape index (κ2) is 7.04. The van der Waals surface area contributed by atoms with E-state index in [-0.39, 0.29) is 5.78 Å². The molecule has 1 aromatic rings. The molecule has 0 spiro atoms. The molecular weight excluding hydrogens is 264 g/mol. The van der Waals surface area contributed by atoms with Crippen molar-refractivity contribution >= 4 is 39.6 Å². The lowest BCUT2D eigenvalue weighted by Crippen LogP contribution is -2.24. The number of nitrogens with two attached hydrogens (primary N) is 1. The molecular formula is C13H22N2OS2. The molecule has 1 rings (SSSR count). The number of anilines is 2. The van der Waals surface area contributed by atoms with Gasteiger partial charge in [0.15, 0.2) is 5.78 Å². The summed E-state index contributed by atoms with van der Waals surface area (Å²) in [5.74, 6) is 0.0620. The van der Waals surface area contributed by atoms with Gasteiger partial charge in [0, 0.05) is 20.0 Å². The number of nitrogens with zero attached hydrogens (tertiary/aromatic N) is 1. The summed E-state index contributed by atoms with van der Waals surface area (Å²) in [6.45, 7) is 7.95. The van der Waals surface area contributed by atoms with Crippen molar-refractivity contribution in [1.29, 1.82) is 0 Å². The van der Waals surface area contributed by atoms with Gasteiger partial charge in [-0.05, 0) is 19.1 Å². The zero-order valence-electron chi connectivity index (χ0n) is 11.6. The van der Waals surface area contributed by atoms with E-state index in [0.29, 0.717) is 10.6 Å². The molecule has 0 aromatic carbocycles. The van der Waals surface area contributed by atoms with Crippen LogP contribution in [0.25, 0.3) is 0 Å². The minimum atomic E-state index is 0.0620. The smallest absolute Gasteiger partial charge is 0.171 e. The summed E-state index contributed by atoms with van der Waals surface area (Å²) >= 11 is 3.17. The second-order valence-electron chi connectivity index (χ2n) is 4.23. The largest absolute Gasteiger partial charge is 0.396 e. The minimum Gasteiger partial charge on any atom is -0.396 e. The molecule has 0 fully saturated rings. The van der Waals surface area contributed by atoms with Crippen LogP contribution in [-0.4, -0.2) is 25.1 Å². The Morgan fingerprint density at radius 1 is 1.33 bits per heavy atom. The van der Waals surface area contributed by atoms with Gasteiger partial charge in [-0.2, -0.15) is 0 Å². The van der Waals surface area contributed by atoms with Gasteiger partial charge in [-0.1, -0.05) is 13.8 Å². The zero-order valence-corrected chi connectivity index (χ0v) is 13.2. The Labute approximate surface area is 118 Å². The second-order valence-corrected chi connectivity index (χ2v) is 6.04. The third-order valence-corrected chi connectivity index (χ3v) is 5.00. The van der Waals surface area contributed by atoms with E-state index in [1.165, 1.54) is 11.3 Å². The molecule has 0 aliphatic carbocycles. The van der Waals surface area contributed by atoms with Crippen LogP contribution in [0.4, 0.5) is 10.7 Å². The number of hydrogen-bond donors (Lipinski definition) is 1. The SMILES string of the molecule is CCCN(CCC)c1sc(C(C)=O)c(N)c1SC. The molecule has 0 aliphatic rings. The third-order valence-electron chi connectivity index (χ3n) is 2.68. The summed E-state index contributed by atoms with van der Waals surface area (Å²) in [4.78, 5) is 15.7. The number of carbonyl (C=O) groups excluding carboxylic acids is 1. The fourth-order valence-corrected chi connectivity index (χ4v) is 4.07. The van der Waals surface area contributed by atoms with Crippen LogP contribution in [0, 0.1) is 0 Å². The van der Waals surface area contributed by atoms with Gasteiger partial charge in [0.05, 0.1) is 15.5 Å². The molecule has 0 unspecified atom stereocenters. The maximum atomic E-state index is 11.6. The van der Waals surface area contributed by atoms with Crippen molar-refractivity contribution in [2.75, 3.05) is 30.0 Å². The zero-order chi connectivity index (χ0) is 13.7. The van der Waals surface area contributed by atoms with Crippen molar-refractivity contribution in [2.24, 2.45) is 0 Å². The first-order chi connectivity index (χ1) is 8.56. The van der Waals surface area contributed by atoms with Gasteiger partial charge < -0.3 is 10.6 Å². The normalized spacial score (nSPS) is 10.7. The maximum absolute atomic E-state index is 11.6. The molecule has 0 bridgehead atoms. The molecule has 3 nitrogen and oxygen atoms in total. The van der Waals surface area contributed by atoms with Gasteiger partial charge in [-0.3, -0.25) is 4.79 Å². The van der Waals surface area contributed by atoms with Crippen molar-refractivity contribution in [3.63, 3.8) is 0 Å². The molecule has 5 heteroatoms. The minimum absolute atomic E-state index is 0.0620. The number of Topliss-reactive ketones (excluding diaryl/α,β-unsaturated/α-hetero) is 1. The van der Waals surface area contributed by atoms with E-state index in [1.807, 2.05) is 6.26 Å². The summed E-state index contributed by atoms with van der Waals surface area (Å²) < 4.78 is 0. The van der Waals surface area contributed by atoms with Crippen LogP contribution < -0.4 is 10.6 Å². The van der Waals surface area contributed by atoms with Gasteiger partial charge in [0.1, 0.15) is 5.00 Å². The summed E-state index contributed by atoms with van der Waals surface area (Å²) in [5, 5.41) is 1.16.